The summed E-state index contributed by atoms with van der Waals surface area (Å²) in [7, 11) is 0. The van der Waals surface area contributed by atoms with Gasteiger partial charge in [-0.3, -0.25) is 4.79 Å². The summed E-state index contributed by atoms with van der Waals surface area (Å²) in [6.07, 6.45) is 6.92. The summed E-state index contributed by atoms with van der Waals surface area (Å²) in [6, 6.07) is 7.64. The molecule has 0 spiro atoms. The van der Waals surface area contributed by atoms with Crippen molar-refractivity contribution < 1.29 is 9.53 Å². The number of ether oxygens (including phenoxy) is 1. The van der Waals surface area contributed by atoms with Gasteiger partial charge in [-0.1, -0.05) is 25.0 Å². The van der Waals surface area contributed by atoms with Gasteiger partial charge in [0, 0.05) is 23.0 Å². The average Bonchev–Trinajstić information content (AvgIpc) is 3.21. The van der Waals surface area contributed by atoms with Gasteiger partial charge < -0.3 is 25.7 Å². The Kier molecular flexibility index (Phi) is 6.49. The monoisotopic (exact) mass is 503 g/mol. The molecule has 10 nitrogen and oxygen atoms in total. The highest BCUT2D eigenvalue weighted by Gasteiger charge is 2.29. The fourth-order valence-electron chi connectivity index (χ4n) is 4.94. The van der Waals surface area contributed by atoms with Crippen LogP contribution >= 0.6 is 0 Å². The number of nitrogens with one attached hydrogen (secondary N) is 5. The Balaban J connectivity index is 1.47. The molecule has 2 atom stereocenters. The van der Waals surface area contributed by atoms with E-state index in [1.807, 2.05) is 58.2 Å². The van der Waals surface area contributed by atoms with Gasteiger partial charge >= 0.3 is 6.09 Å². The Morgan fingerprint density at radius 3 is 2.73 bits per heavy atom. The number of aryl methyl sites for hydroxylation is 1. The van der Waals surface area contributed by atoms with E-state index in [2.05, 4.69) is 31.1 Å². The molecule has 1 aliphatic carbocycles. The molecule has 0 unspecified atom stereocenters. The number of H-pyrrole nitrogens is 2. The van der Waals surface area contributed by atoms with Crippen molar-refractivity contribution in [2.75, 3.05) is 10.6 Å². The molecular weight excluding hydrogens is 470 g/mol. The zero-order valence-corrected chi connectivity index (χ0v) is 21.6. The second kappa shape index (κ2) is 9.76. The fourth-order valence-corrected chi connectivity index (χ4v) is 4.94. The van der Waals surface area contributed by atoms with Gasteiger partial charge in [0.15, 0.2) is 0 Å². The molecule has 3 heterocycles. The van der Waals surface area contributed by atoms with Crippen molar-refractivity contribution in [1.82, 2.24) is 25.5 Å². The van der Waals surface area contributed by atoms with E-state index in [0.29, 0.717) is 22.4 Å². The molecule has 10 heteroatoms. The number of aromatic nitrogens is 4. The van der Waals surface area contributed by atoms with Gasteiger partial charge in [0.05, 0.1) is 28.8 Å². The molecule has 4 aromatic rings. The highest BCUT2D eigenvalue weighted by molar-refractivity contribution is 5.99. The molecule has 1 amide bonds. The molecule has 194 valence electrons. The largest absolute Gasteiger partial charge is 0.444 e. The molecule has 3 aromatic heterocycles. The van der Waals surface area contributed by atoms with Crippen LogP contribution in [-0.4, -0.2) is 43.9 Å². The third-order valence-electron chi connectivity index (χ3n) is 6.62. The second-order valence-electron chi connectivity index (χ2n) is 10.6. The van der Waals surface area contributed by atoms with Crippen LogP contribution in [0.4, 0.5) is 22.1 Å². The molecule has 1 aliphatic rings. The summed E-state index contributed by atoms with van der Waals surface area (Å²) in [5, 5.41) is 18.6. The van der Waals surface area contributed by atoms with Gasteiger partial charge in [0.2, 0.25) is 0 Å². The van der Waals surface area contributed by atoms with Crippen LogP contribution in [0.25, 0.3) is 21.7 Å². The number of amides is 1. The van der Waals surface area contributed by atoms with Crippen molar-refractivity contribution in [2.24, 2.45) is 0 Å². The van der Waals surface area contributed by atoms with E-state index in [1.165, 1.54) is 0 Å². The lowest BCUT2D eigenvalue weighted by molar-refractivity contribution is 0.0488. The fraction of sp³-hybridized carbons (Fsp3) is 0.407. The summed E-state index contributed by atoms with van der Waals surface area (Å²) in [5.74, 6) is 1.02. The summed E-state index contributed by atoms with van der Waals surface area (Å²) < 4.78 is 5.48. The molecule has 0 radical (unpaired) electrons. The lowest BCUT2D eigenvalue weighted by atomic mass is 9.90. The van der Waals surface area contributed by atoms with Crippen LogP contribution in [0.3, 0.4) is 0 Å². The van der Waals surface area contributed by atoms with Gasteiger partial charge in [-0.15, -0.1) is 0 Å². The number of carbonyl (C=O) groups excluding carboxylic acids is 1. The molecule has 0 saturated heterocycles. The highest BCUT2D eigenvalue weighted by atomic mass is 16.6. The lowest BCUT2D eigenvalue weighted by Crippen LogP contribution is -2.49. The number of nitrogens with zero attached hydrogens (tertiary/aromatic N) is 2. The number of carbonyl (C=O) groups is 1. The normalized spacial score (nSPS) is 18.1. The van der Waals surface area contributed by atoms with Crippen LogP contribution in [-0.2, 0) is 4.74 Å². The van der Waals surface area contributed by atoms with Crippen molar-refractivity contribution in [3.63, 3.8) is 0 Å². The zero-order chi connectivity index (χ0) is 26.2. The molecule has 1 fully saturated rings. The predicted octanol–water partition coefficient (Wildman–Crippen LogP) is 5.10. The molecule has 5 rings (SSSR count). The van der Waals surface area contributed by atoms with E-state index >= 15 is 0 Å². The van der Waals surface area contributed by atoms with Crippen molar-refractivity contribution in [3.8, 4) is 0 Å². The SMILES string of the molecule is Cc1c[nH]c2c(Nc3nc(N[C@@H]4CCCC[C@@H]4NC(=O)OC(C)(C)C)cc4cn[nH]c(=O)c34)cccc12. The Labute approximate surface area is 214 Å². The molecule has 1 saturated carbocycles. The molecular formula is C27H33N7O3. The van der Waals surface area contributed by atoms with E-state index in [-0.39, 0.29) is 17.6 Å². The Morgan fingerprint density at radius 1 is 1.16 bits per heavy atom. The molecule has 0 bridgehead atoms. The van der Waals surface area contributed by atoms with Crippen LogP contribution in [0.5, 0.6) is 0 Å². The number of anilines is 3. The zero-order valence-electron chi connectivity index (χ0n) is 21.6. The minimum absolute atomic E-state index is 0.0384. The topological polar surface area (TPSA) is 137 Å². The Hall–Kier alpha value is -4.08. The molecule has 37 heavy (non-hydrogen) atoms. The van der Waals surface area contributed by atoms with Crippen molar-refractivity contribution in [1.29, 1.82) is 0 Å². The number of benzene rings is 1. The summed E-state index contributed by atoms with van der Waals surface area (Å²) >= 11 is 0. The number of rotatable bonds is 5. The standard InChI is InChI=1S/C27H33N7O3/c1-15-13-28-23-17(15)8-7-11-20(23)31-24-22-16(14-29-34-25(22)35)12-21(33-24)30-18-9-5-6-10-19(18)32-26(36)37-27(2,3)4/h7-8,11-14,18-19,28H,5-6,9-10H2,1-4H3,(H,32,36)(H,34,35)(H2,30,31,33)/t18-,19+/m1/s1. The Morgan fingerprint density at radius 2 is 1.95 bits per heavy atom. The van der Waals surface area contributed by atoms with Gasteiger partial charge in [-0.25, -0.2) is 14.9 Å². The van der Waals surface area contributed by atoms with E-state index in [9.17, 15) is 9.59 Å². The van der Waals surface area contributed by atoms with Crippen LogP contribution in [0.15, 0.2) is 41.5 Å². The first-order chi connectivity index (χ1) is 17.7. The summed E-state index contributed by atoms with van der Waals surface area (Å²) in [4.78, 5) is 33.3. The van der Waals surface area contributed by atoms with Gasteiger partial charge in [-0.2, -0.15) is 5.10 Å². The maximum absolute atomic E-state index is 12.8. The number of aromatic amines is 2. The van der Waals surface area contributed by atoms with Gasteiger partial charge in [0.1, 0.15) is 17.2 Å². The first-order valence-corrected chi connectivity index (χ1v) is 12.7. The molecule has 1 aromatic carbocycles. The quantitative estimate of drug-likeness (QED) is 0.255. The molecule has 0 aliphatic heterocycles. The Bertz CT molecular complexity index is 1500. The molecule has 5 N–H and O–H groups in total. The smallest absolute Gasteiger partial charge is 0.407 e. The first kappa shape index (κ1) is 24.6. The maximum Gasteiger partial charge on any atom is 0.407 e. The van der Waals surface area contributed by atoms with E-state index in [4.69, 9.17) is 9.72 Å². The van der Waals surface area contributed by atoms with Gasteiger partial charge in [0.25, 0.3) is 5.56 Å². The number of pyridine rings is 1. The highest BCUT2D eigenvalue weighted by Crippen LogP contribution is 2.31. The lowest BCUT2D eigenvalue weighted by Gasteiger charge is -2.33. The number of para-hydroxylation sites is 1. The minimum Gasteiger partial charge on any atom is -0.444 e. The van der Waals surface area contributed by atoms with Crippen molar-refractivity contribution in [2.45, 2.75) is 71.1 Å². The summed E-state index contributed by atoms with van der Waals surface area (Å²) in [5.41, 5.74) is 2.00. The van der Waals surface area contributed by atoms with E-state index in [1.54, 1.807) is 6.20 Å². The van der Waals surface area contributed by atoms with Crippen molar-refractivity contribution >= 4 is 45.1 Å². The minimum atomic E-state index is -0.567. The average molecular weight is 504 g/mol. The van der Waals surface area contributed by atoms with E-state index < -0.39 is 11.7 Å². The van der Waals surface area contributed by atoms with Crippen molar-refractivity contribution in [3.05, 3.63) is 52.6 Å². The third kappa shape index (κ3) is 5.37. The van der Waals surface area contributed by atoms with Crippen LogP contribution in [0, 0.1) is 6.92 Å². The summed E-state index contributed by atoms with van der Waals surface area (Å²) in [6.45, 7) is 7.59. The van der Waals surface area contributed by atoms with E-state index in [0.717, 1.165) is 47.8 Å². The van der Waals surface area contributed by atoms with Gasteiger partial charge in [-0.05, 0) is 58.2 Å². The first-order valence-electron chi connectivity index (χ1n) is 12.7. The predicted molar refractivity (Wildman–Crippen MR) is 146 cm³/mol. The number of hydrogen-bond donors (Lipinski definition) is 5. The van der Waals surface area contributed by atoms with Crippen LogP contribution in [0.1, 0.15) is 52.0 Å². The number of fused-ring (bicyclic) bond motifs is 2. The van der Waals surface area contributed by atoms with Crippen LogP contribution in [0.2, 0.25) is 0 Å². The second-order valence-corrected chi connectivity index (χ2v) is 10.6. The van der Waals surface area contributed by atoms with Crippen LogP contribution < -0.4 is 21.5 Å². The maximum atomic E-state index is 12.8. The number of alkyl carbamates (subject to hydrolysis) is 1. The third-order valence-corrected chi connectivity index (χ3v) is 6.62. The number of hydrogen-bond acceptors (Lipinski definition) is 7.